The quantitative estimate of drug-likeness (QED) is 0.792. The van der Waals surface area contributed by atoms with Crippen LogP contribution in [0.2, 0.25) is 0 Å². The average molecular weight is 231 g/mol. The van der Waals surface area contributed by atoms with Gasteiger partial charge in [0.05, 0.1) is 0 Å². The molecule has 0 fully saturated rings. The van der Waals surface area contributed by atoms with E-state index in [2.05, 4.69) is 16.4 Å². The summed E-state index contributed by atoms with van der Waals surface area (Å²) in [5.41, 5.74) is 2.11. The van der Waals surface area contributed by atoms with Gasteiger partial charge in [0.15, 0.2) is 0 Å². The van der Waals surface area contributed by atoms with Crippen molar-refractivity contribution < 1.29 is 4.79 Å². The molecule has 0 aliphatic rings. The van der Waals surface area contributed by atoms with Crippen molar-refractivity contribution in [2.75, 3.05) is 0 Å². The molecule has 0 saturated heterocycles. The summed E-state index contributed by atoms with van der Waals surface area (Å²) in [6.07, 6.45) is 3.62. The number of nitrogens with zero attached hydrogens (tertiary/aromatic N) is 1. The van der Waals surface area contributed by atoms with E-state index in [1.165, 1.54) is 5.56 Å². The number of hydrogen-bond donors (Lipinski definition) is 0. The maximum atomic E-state index is 11.7. The Balaban J connectivity index is 1.81. The van der Waals surface area contributed by atoms with Crippen molar-refractivity contribution in [1.82, 2.24) is 4.98 Å². The number of aryl methyl sites for hydroxylation is 1. The second-order valence-corrected chi connectivity index (χ2v) is 4.45. The summed E-state index contributed by atoms with van der Waals surface area (Å²) in [7, 11) is 0. The van der Waals surface area contributed by atoms with Crippen LogP contribution in [0.25, 0.3) is 0 Å². The lowest BCUT2D eigenvalue weighted by atomic mass is 10.1. The van der Waals surface area contributed by atoms with Crippen LogP contribution in [0.15, 0.2) is 41.2 Å². The molecule has 2 rings (SSSR count). The van der Waals surface area contributed by atoms with E-state index in [1.54, 1.807) is 17.5 Å². The molecule has 2 aromatic rings. The van der Waals surface area contributed by atoms with Crippen molar-refractivity contribution in [3.8, 4) is 0 Å². The average Bonchev–Trinajstić information content (AvgIpc) is 2.81. The summed E-state index contributed by atoms with van der Waals surface area (Å²) in [6, 6.07) is 7.73. The van der Waals surface area contributed by atoms with E-state index in [0.717, 1.165) is 12.1 Å². The Hall–Kier alpha value is -1.48. The highest BCUT2D eigenvalue weighted by molar-refractivity contribution is 7.07. The van der Waals surface area contributed by atoms with Gasteiger partial charge in [0.1, 0.15) is 5.78 Å². The number of thiophene rings is 1. The first-order chi connectivity index (χ1) is 7.84. The molecule has 0 N–H and O–H groups in total. The second kappa shape index (κ2) is 5.56. The molecule has 0 atom stereocenters. The van der Waals surface area contributed by atoms with Crippen LogP contribution in [0.1, 0.15) is 17.7 Å². The summed E-state index contributed by atoms with van der Waals surface area (Å²) in [6.45, 7) is 0. The van der Waals surface area contributed by atoms with Crippen LogP contribution in [0.3, 0.4) is 0 Å². The minimum atomic E-state index is 0.255. The summed E-state index contributed by atoms with van der Waals surface area (Å²) < 4.78 is 0. The Bertz CT molecular complexity index is 436. The van der Waals surface area contributed by atoms with Crippen molar-refractivity contribution in [2.24, 2.45) is 0 Å². The highest BCUT2D eigenvalue weighted by Crippen LogP contribution is 2.09. The molecule has 2 nitrogen and oxygen atoms in total. The topological polar surface area (TPSA) is 30.0 Å². The molecule has 0 radical (unpaired) electrons. The Morgan fingerprint density at radius 2 is 2.25 bits per heavy atom. The van der Waals surface area contributed by atoms with Crippen molar-refractivity contribution in [3.63, 3.8) is 0 Å². The first-order valence-electron chi connectivity index (χ1n) is 5.27. The van der Waals surface area contributed by atoms with E-state index in [1.807, 2.05) is 23.6 Å². The van der Waals surface area contributed by atoms with Gasteiger partial charge in [0, 0.05) is 24.7 Å². The second-order valence-electron chi connectivity index (χ2n) is 3.67. The zero-order valence-electron chi connectivity index (χ0n) is 8.93. The Labute approximate surface area is 99.0 Å². The monoisotopic (exact) mass is 231 g/mol. The predicted molar refractivity (Wildman–Crippen MR) is 65.6 cm³/mol. The molecule has 0 aliphatic heterocycles. The molecule has 2 heterocycles. The van der Waals surface area contributed by atoms with Crippen LogP contribution in [0, 0.1) is 0 Å². The Morgan fingerprint density at radius 1 is 1.31 bits per heavy atom. The van der Waals surface area contributed by atoms with Gasteiger partial charge >= 0.3 is 0 Å². The minimum Gasteiger partial charge on any atom is -0.299 e. The molecule has 0 saturated carbocycles. The van der Waals surface area contributed by atoms with Gasteiger partial charge in [-0.2, -0.15) is 11.3 Å². The fourth-order valence-electron chi connectivity index (χ4n) is 1.51. The molecule has 0 aliphatic carbocycles. The third kappa shape index (κ3) is 3.28. The fraction of sp³-hybridized carbons (Fsp3) is 0.231. The van der Waals surface area contributed by atoms with E-state index in [-0.39, 0.29) is 5.78 Å². The number of pyridine rings is 1. The van der Waals surface area contributed by atoms with Crippen LogP contribution < -0.4 is 0 Å². The van der Waals surface area contributed by atoms with Crippen molar-refractivity contribution in [2.45, 2.75) is 19.3 Å². The zero-order chi connectivity index (χ0) is 11.2. The van der Waals surface area contributed by atoms with Gasteiger partial charge in [0.25, 0.3) is 0 Å². The fourth-order valence-corrected chi connectivity index (χ4v) is 2.21. The summed E-state index contributed by atoms with van der Waals surface area (Å²) >= 11 is 1.67. The predicted octanol–water partition coefficient (Wildman–Crippen LogP) is 2.89. The van der Waals surface area contributed by atoms with Crippen LogP contribution >= 0.6 is 11.3 Å². The molecular weight excluding hydrogens is 218 g/mol. The molecule has 0 bridgehead atoms. The molecule has 0 aromatic carbocycles. The molecule has 2 aromatic heterocycles. The highest BCUT2D eigenvalue weighted by atomic mass is 32.1. The van der Waals surface area contributed by atoms with Gasteiger partial charge in [-0.05, 0) is 40.9 Å². The zero-order valence-corrected chi connectivity index (χ0v) is 9.74. The van der Waals surface area contributed by atoms with Crippen molar-refractivity contribution in [1.29, 1.82) is 0 Å². The number of aromatic nitrogens is 1. The normalized spacial score (nSPS) is 10.2. The third-order valence-corrected chi connectivity index (χ3v) is 3.11. The van der Waals surface area contributed by atoms with E-state index in [9.17, 15) is 4.79 Å². The lowest BCUT2D eigenvalue weighted by molar-refractivity contribution is -0.118. The van der Waals surface area contributed by atoms with Gasteiger partial charge in [-0.1, -0.05) is 6.07 Å². The van der Waals surface area contributed by atoms with Gasteiger partial charge < -0.3 is 0 Å². The number of carbonyl (C=O) groups is 1. The number of rotatable bonds is 5. The lowest BCUT2D eigenvalue weighted by Crippen LogP contribution is -2.05. The van der Waals surface area contributed by atoms with Gasteiger partial charge in [-0.25, -0.2) is 0 Å². The van der Waals surface area contributed by atoms with E-state index in [4.69, 9.17) is 0 Å². The Kier molecular flexibility index (Phi) is 3.83. The van der Waals surface area contributed by atoms with Gasteiger partial charge in [-0.3, -0.25) is 9.78 Å². The number of Topliss-reactive ketones (excluding diaryl/α,β-unsaturated/α-hetero) is 1. The van der Waals surface area contributed by atoms with E-state index in [0.29, 0.717) is 12.8 Å². The smallest absolute Gasteiger partial charge is 0.139 e. The molecule has 82 valence electrons. The summed E-state index contributed by atoms with van der Waals surface area (Å²) in [5, 5.41) is 4.13. The number of carbonyl (C=O) groups excluding carboxylic acids is 1. The Morgan fingerprint density at radius 3 is 2.94 bits per heavy atom. The number of ketones is 1. The van der Waals surface area contributed by atoms with Crippen LogP contribution in [0.4, 0.5) is 0 Å². The maximum Gasteiger partial charge on any atom is 0.139 e. The highest BCUT2D eigenvalue weighted by Gasteiger charge is 2.05. The SMILES string of the molecule is O=C(CCc1ccsc1)Cc1ccccn1. The van der Waals surface area contributed by atoms with Gasteiger partial charge in [0.2, 0.25) is 0 Å². The molecule has 0 amide bonds. The standard InChI is InChI=1S/C13H13NOS/c15-13(5-4-11-6-8-16-10-11)9-12-3-1-2-7-14-12/h1-3,6-8,10H,4-5,9H2. The van der Waals surface area contributed by atoms with Crippen molar-refractivity contribution in [3.05, 3.63) is 52.5 Å². The van der Waals surface area contributed by atoms with Crippen molar-refractivity contribution >= 4 is 17.1 Å². The van der Waals surface area contributed by atoms with E-state index >= 15 is 0 Å². The molecular formula is C13H13NOS. The largest absolute Gasteiger partial charge is 0.299 e. The lowest BCUT2D eigenvalue weighted by Gasteiger charge is -1.99. The molecule has 3 heteroatoms. The summed E-state index contributed by atoms with van der Waals surface area (Å²) in [5.74, 6) is 0.255. The first kappa shape index (κ1) is 11.0. The molecule has 16 heavy (non-hydrogen) atoms. The molecule has 0 spiro atoms. The maximum absolute atomic E-state index is 11.7. The van der Waals surface area contributed by atoms with Gasteiger partial charge in [-0.15, -0.1) is 0 Å². The van der Waals surface area contributed by atoms with Crippen LogP contribution in [-0.2, 0) is 17.6 Å². The van der Waals surface area contributed by atoms with Crippen LogP contribution in [0.5, 0.6) is 0 Å². The third-order valence-electron chi connectivity index (χ3n) is 2.38. The first-order valence-corrected chi connectivity index (χ1v) is 6.21. The minimum absolute atomic E-state index is 0.255. The molecule has 0 unspecified atom stereocenters. The van der Waals surface area contributed by atoms with E-state index < -0.39 is 0 Å². The van der Waals surface area contributed by atoms with Crippen LogP contribution in [-0.4, -0.2) is 10.8 Å². The summed E-state index contributed by atoms with van der Waals surface area (Å²) in [4.78, 5) is 15.8. The number of hydrogen-bond acceptors (Lipinski definition) is 3.